The lowest BCUT2D eigenvalue weighted by atomic mass is 10.3. The Morgan fingerprint density at radius 3 is 2.09 bits per heavy atom. The molecule has 0 fully saturated rings. The molecular weight excluding hydrogens is 304 g/mol. The van der Waals surface area contributed by atoms with E-state index >= 15 is 0 Å². The van der Waals surface area contributed by atoms with E-state index < -0.39 is 10.0 Å². The van der Waals surface area contributed by atoms with Crippen LogP contribution in [0, 0.1) is 0 Å². The van der Waals surface area contributed by atoms with Crippen molar-refractivity contribution in [2.24, 2.45) is 0 Å². The van der Waals surface area contributed by atoms with Crippen LogP contribution in [0.5, 0.6) is 5.75 Å². The minimum Gasteiger partial charge on any atom is -0.497 e. The lowest BCUT2D eigenvalue weighted by Gasteiger charge is -2.10. The molecule has 0 atom stereocenters. The first-order valence-electron chi connectivity index (χ1n) is 6.68. The van der Waals surface area contributed by atoms with Gasteiger partial charge in [-0.05, 0) is 50.2 Å². The Morgan fingerprint density at radius 1 is 1.00 bits per heavy atom. The van der Waals surface area contributed by atoms with E-state index in [1.54, 1.807) is 24.3 Å². The van der Waals surface area contributed by atoms with Crippen molar-refractivity contribution in [3.05, 3.63) is 36.4 Å². The van der Waals surface area contributed by atoms with Crippen LogP contribution in [0.4, 0.5) is 11.6 Å². The van der Waals surface area contributed by atoms with Crippen LogP contribution in [0.3, 0.4) is 0 Å². The number of benzene rings is 1. The smallest absolute Gasteiger partial charge is 0.263 e. The van der Waals surface area contributed by atoms with Gasteiger partial charge in [-0.2, -0.15) is 0 Å². The monoisotopic (exact) mass is 322 g/mol. The highest BCUT2D eigenvalue weighted by atomic mass is 32.2. The highest BCUT2D eigenvalue weighted by Crippen LogP contribution is 2.18. The number of anilines is 2. The van der Waals surface area contributed by atoms with Gasteiger partial charge in [-0.1, -0.05) is 0 Å². The van der Waals surface area contributed by atoms with Crippen molar-refractivity contribution in [3.8, 4) is 5.75 Å². The van der Waals surface area contributed by atoms with Crippen LogP contribution < -0.4 is 14.8 Å². The van der Waals surface area contributed by atoms with Gasteiger partial charge in [0.25, 0.3) is 10.0 Å². The third kappa shape index (κ3) is 4.08. The van der Waals surface area contributed by atoms with Crippen LogP contribution in [0.25, 0.3) is 0 Å². The standard InChI is InChI=1S/C14H18N4O3S/c1-10(2)15-13-8-9-14(17-16-13)18-22(19,20)12-6-4-11(21-3)5-7-12/h4-10H,1-3H3,(H,15,16)(H,17,18). The normalized spacial score (nSPS) is 11.3. The molecule has 0 aliphatic heterocycles. The van der Waals surface area contributed by atoms with Crippen LogP contribution in [-0.2, 0) is 10.0 Å². The van der Waals surface area contributed by atoms with Crippen LogP contribution >= 0.6 is 0 Å². The Morgan fingerprint density at radius 2 is 1.59 bits per heavy atom. The molecule has 8 heteroatoms. The van der Waals surface area contributed by atoms with Crippen molar-refractivity contribution in [3.63, 3.8) is 0 Å². The van der Waals surface area contributed by atoms with E-state index in [9.17, 15) is 8.42 Å². The molecule has 0 bridgehead atoms. The summed E-state index contributed by atoms with van der Waals surface area (Å²) in [6.07, 6.45) is 0. The molecule has 2 N–H and O–H groups in total. The fraction of sp³-hybridized carbons (Fsp3) is 0.286. The van der Waals surface area contributed by atoms with Crippen molar-refractivity contribution < 1.29 is 13.2 Å². The van der Waals surface area contributed by atoms with E-state index in [4.69, 9.17) is 4.74 Å². The Labute approximate surface area is 129 Å². The van der Waals surface area contributed by atoms with Gasteiger partial charge in [0, 0.05) is 6.04 Å². The van der Waals surface area contributed by atoms with Gasteiger partial charge in [0.2, 0.25) is 0 Å². The third-order valence-corrected chi connectivity index (χ3v) is 4.08. The highest BCUT2D eigenvalue weighted by molar-refractivity contribution is 7.92. The van der Waals surface area contributed by atoms with Crippen LogP contribution in [-0.4, -0.2) is 31.8 Å². The fourth-order valence-electron chi connectivity index (χ4n) is 1.71. The number of nitrogens with zero attached hydrogens (tertiary/aromatic N) is 2. The molecule has 0 unspecified atom stereocenters. The number of hydrogen-bond acceptors (Lipinski definition) is 6. The maximum Gasteiger partial charge on any atom is 0.263 e. The predicted octanol–water partition coefficient (Wildman–Crippen LogP) is 2.11. The SMILES string of the molecule is COc1ccc(S(=O)(=O)Nc2ccc(NC(C)C)nn2)cc1. The number of nitrogens with one attached hydrogen (secondary N) is 2. The number of aromatic nitrogens is 2. The average Bonchev–Trinajstić information content (AvgIpc) is 2.48. The summed E-state index contributed by atoms with van der Waals surface area (Å²) in [5.74, 6) is 1.33. The molecule has 118 valence electrons. The molecule has 0 aliphatic carbocycles. The molecule has 1 heterocycles. The van der Waals surface area contributed by atoms with Crippen LogP contribution in [0.15, 0.2) is 41.3 Å². The molecule has 0 saturated heterocycles. The maximum absolute atomic E-state index is 12.2. The van der Waals surface area contributed by atoms with Gasteiger partial charge in [-0.15, -0.1) is 10.2 Å². The number of ether oxygens (including phenoxy) is 1. The summed E-state index contributed by atoms with van der Waals surface area (Å²) in [6.45, 7) is 3.95. The van der Waals surface area contributed by atoms with E-state index in [2.05, 4.69) is 20.2 Å². The van der Waals surface area contributed by atoms with E-state index in [0.29, 0.717) is 11.6 Å². The largest absolute Gasteiger partial charge is 0.497 e. The minimum atomic E-state index is -3.70. The van der Waals surface area contributed by atoms with Crippen molar-refractivity contribution >= 4 is 21.7 Å². The summed E-state index contributed by atoms with van der Waals surface area (Å²) in [5.41, 5.74) is 0. The number of sulfonamides is 1. The molecule has 0 spiro atoms. The molecule has 2 aromatic rings. The quantitative estimate of drug-likeness (QED) is 0.846. The summed E-state index contributed by atoms with van der Waals surface area (Å²) in [4.78, 5) is 0.125. The Balaban J connectivity index is 2.13. The van der Waals surface area contributed by atoms with Gasteiger partial charge >= 0.3 is 0 Å². The topological polar surface area (TPSA) is 93.2 Å². The summed E-state index contributed by atoms with van der Waals surface area (Å²) in [5, 5.41) is 10.8. The second-order valence-corrected chi connectivity index (χ2v) is 6.57. The number of methoxy groups -OCH3 is 1. The van der Waals surface area contributed by atoms with Gasteiger partial charge in [-0.3, -0.25) is 4.72 Å². The predicted molar refractivity (Wildman–Crippen MR) is 84.6 cm³/mol. The van der Waals surface area contributed by atoms with Gasteiger partial charge < -0.3 is 10.1 Å². The Kier molecular flexibility index (Phi) is 4.81. The molecule has 0 amide bonds. The molecule has 0 aliphatic rings. The molecule has 7 nitrogen and oxygen atoms in total. The summed E-state index contributed by atoms with van der Waals surface area (Å²) in [6, 6.07) is 9.52. The van der Waals surface area contributed by atoms with Gasteiger partial charge in [0.1, 0.15) is 11.6 Å². The van der Waals surface area contributed by atoms with Gasteiger partial charge in [0.05, 0.1) is 12.0 Å². The Hall–Kier alpha value is -2.35. The first-order chi connectivity index (χ1) is 10.4. The van der Waals surface area contributed by atoms with Gasteiger partial charge in [0.15, 0.2) is 5.82 Å². The van der Waals surface area contributed by atoms with Crippen molar-refractivity contribution in [2.75, 3.05) is 17.1 Å². The molecule has 0 radical (unpaired) electrons. The summed E-state index contributed by atoms with van der Waals surface area (Å²) >= 11 is 0. The fourth-order valence-corrected chi connectivity index (χ4v) is 2.71. The molecular formula is C14H18N4O3S. The zero-order valence-corrected chi connectivity index (χ0v) is 13.4. The zero-order chi connectivity index (χ0) is 16.2. The van der Waals surface area contributed by atoms with Crippen LogP contribution in [0.2, 0.25) is 0 Å². The molecule has 2 rings (SSSR count). The molecule has 1 aromatic heterocycles. The summed E-state index contributed by atoms with van der Waals surface area (Å²) in [7, 11) is -2.18. The lowest BCUT2D eigenvalue weighted by Crippen LogP contribution is -2.15. The first-order valence-corrected chi connectivity index (χ1v) is 8.16. The van der Waals surface area contributed by atoms with E-state index in [1.165, 1.54) is 19.2 Å². The van der Waals surface area contributed by atoms with Crippen molar-refractivity contribution in [2.45, 2.75) is 24.8 Å². The zero-order valence-electron chi connectivity index (χ0n) is 12.6. The molecule has 1 aromatic carbocycles. The van der Waals surface area contributed by atoms with E-state index in [1.807, 2.05) is 13.8 Å². The Bertz CT molecular complexity index is 713. The van der Waals surface area contributed by atoms with E-state index in [-0.39, 0.29) is 16.8 Å². The van der Waals surface area contributed by atoms with Gasteiger partial charge in [-0.25, -0.2) is 8.42 Å². The molecule has 0 saturated carbocycles. The highest BCUT2D eigenvalue weighted by Gasteiger charge is 2.15. The number of hydrogen-bond donors (Lipinski definition) is 2. The average molecular weight is 322 g/mol. The third-order valence-electron chi connectivity index (χ3n) is 2.71. The van der Waals surface area contributed by atoms with Crippen molar-refractivity contribution in [1.29, 1.82) is 0 Å². The maximum atomic E-state index is 12.2. The summed E-state index contributed by atoms with van der Waals surface area (Å²) < 4.78 is 31.8. The minimum absolute atomic E-state index is 0.125. The van der Waals surface area contributed by atoms with Crippen molar-refractivity contribution in [1.82, 2.24) is 10.2 Å². The second kappa shape index (κ2) is 6.61. The second-order valence-electron chi connectivity index (χ2n) is 4.88. The van der Waals surface area contributed by atoms with E-state index in [0.717, 1.165) is 0 Å². The lowest BCUT2D eigenvalue weighted by molar-refractivity contribution is 0.414. The van der Waals surface area contributed by atoms with Crippen LogP contribution in [0.1, 0.15) is 13.8 Å². The first kappa shape index (κ1) is 16.0. The molecule has 22 heavy (non-hydrogen) atoms. The number of rotatable bonds is 6.